The Bertz CT molecular complexity index is 1720. The zero-order chi connectivity index (χ0) is 25.4. The smallest absolute Gasteiger partial charge is 0.267 e. The van der Waals surface area contributed by atoms with Crippen LogP contribution in [0.5, 0.6) is 0 Å². The highest BCUT2D eigenvalue weighted by Gasteiger charge is 2.20. The summed E-state index contributed by atoms with van der Waals surface area (Å²) in [5.74, 6) is -0.847. The van der Waals surface area contributed by atoms with Crippen LogP contribution in [0, 0.1) is 18.2 Å². The van der Waals surface area contributed by atoms with Gasteiger partial charge in [0.25, 0.3) is 11.5 Å². The minimum atomic E-state index is -0.472. The van der Waals surface area contributed by atoms with Crippen LogP contribution < -0.4 is 16.4 Å². The van der Waals surface area contributed by atoms with Crippen molar-refractivity contribution in [3.8, 4) is 0 Å². The molecule has 7 nitrogen and oxygen atoms in total. The van der Waals surface area contributed by atoms with Crippen LogP contribution in [0.25, 0.3) is 16.7 Å². The normalized spacial score (nSPS) is 12.1. The van der Waals surface area contributed by atoms with Gasteiger partial charge in [-0.25, -0.2) is 9.37 Å². The molecule has 180 valence electrons. The fourth-order valence-electron chi connectivity index (χ4n) is 4.30. The molecule has 0 aliphatic heterocycles. The second-order valence-corrected chi connectivity index (χ2v) is 8.76. The summed E-state index contributed by atoms with van der Waals surface area (Å²) in [5, 5.41) is 12.1. The molecule has 1 amide bonds. The van der Waals surface area contributed by atoms with Crippen molar-refractivity contribution in [2.45, 2.75) is 26.4 Å². The zero-order valence-electron chi connectivity index (χ0n) is 19.8. The molecular weight excluding hydrogens is 457 g/mol. The number of aryl methyl sites for hydroxylation is 1. The molecule has 1 atom stereocenters. The minimum absolute atomic E-state index is 0.0545. The van der Waals surface area contributed by atoms with E-state index >= 15 is 0 Å². The van der Waals surface area contributed by atoms with Crippen LogP contribution in [-0.4, -0.2) is 19.9 Å². The first-order valence-corrected chi connectivity index (χ1v) is 11.5. The third-order valence-electron chi connectivity index (χ3n) is 6.28. The Labute approximate surface area is 206 Å². The van der Waals surface area contributed by atoms with Gasteiger partial charge in [-0.3, -0.25) is 19.4 Å². The van der Waals surface area contributed by atoms with Gasteiger partial charge in [-0.1, -0.05) is 48.5 Å². The van der Waals surface area contributed by atoms with E-state index in [2.05, 4.69) is 5.32 Å². The number of hydrogen-bond acceptors (Lipinski definition) is 4. The van der Waals surface area contributed by atoms with Crippen LogP contribution in [0.15, 0.2) is 83.8 Å². The molecule has 0 saturated carbocycles. The molecule has 0 fully saturated rings. The highest BCUT2D eigenvalue weighted by atomic mass is 19.1. The van der Waals surface area contributed by atoms with E-state index < -0.39 is 5.91 Å². The lowest BCUT2D eigenvalue weighted by Gasteiger charge is -2.17. The van der Waals surface area contributed by atoms with Crippen LogP contribution in [0.3, 0.4) is 0 Å². The van der Waals surface area contributed by atoms with E-state index in [-0.39, 0.29) is 46.0 Å². The topological polar surface area (TPSA) is 92.3 Å². The van der Waals surface area contributed by atoms with Crippen molar-refractivity contribution in [1.29, 1.82) is 5.41 Å². The Balaban J connectivity index is 1.71. The third-order valence-corrected chi connectivity index (χ3v) is 6.28. The fraction of sp³-hybridized carbons (Fsp3) is 0.143. The summed E-state index contributed by atoms with van der Waals surface area (Å²) in [6.07, 6.45) is 1.63. The second kappa shape index (κ2) is 9.22. The number of aromatic nitrogens is 3. The summed E-state index contributed by atoms with van der Waals surface area (Å²) in [7, 11) is 0. The SMILES string of the molecule is Cc1cccn2c(=O)c3cc(C(=O)N[C@@H](C)c4ccccc4)c(=N)n(Cc4ccc(F)cc4)c3nc12. The van der Waals surface area contributed by atoms with E-state index in [4.69, 9.17) is 10.4 Å². The quantitative estimate of drug-likeness (QED) is 0.370. The number of rotatable bonds is 5. The van der Waals surface area contributed by atoms with Crippen molar-refractivity contribution in [2.24, 2.45) is 0 Å². The molecule has 0 radical (unpaired) electrons. The minimum Gasteiger partial charge on any atom is -0.345 e. The molecule has 2 aromatic carbocycles. The first-order valence-electron chi connectivity index (χ1n) is 11.5. The van der Waals surface area contributed by atoms with Crippen LogP contribution in [-0.2, 0) is 6.54 Å². The summed E-state index contributed by atoms with van der Waals surface area (Å²) < 4.78 is 16.5. The van der Waals surface area contributed by atoms with Gasteiger partial charge in [0.15, 0.2) is 0 Å². The first-order chi connectivity index (χ1) is 17.3. The molecule has 0 unspecified atom stereocenters. The number of fused-ring (bicyclic) bond motifs is 2. The number of halogens is 1. The van der Waals surface area contributed by atoms with Crippen molar-refractivity contribution in [3.05, 3.63) is 123 Å². The molecule has 3 aromatic heterocycles. The van der Waals surface area contributed by atoms with E-state index in [0.717, 1.165) is 11.1 Å². The van der Waals surface area contributed by atoms with Gasteiger partial charge >= 0.3 is 0 Å². The van der Waals surface area contributed by atoms with Crippen LogP contribution in [0.1, 0.15) is 40.0 Å². The Kier molecular flexibility index (Phi) is 5.93. The fourth-order valence-corrected chi connectivity index (χ4v) is 4.30. The van der Waals surface area contributed by atoms with E-state index in [1.54, 1.807) is 24.4 Å². The zero-order valence-corrected chi connectivity index (χ0v) is 19.8. The summed E-state index contributed by atoms with van der Waals surface area (Å²) in [6.45, 7) is 3.85. The van der Waals surface area contributed by atoms with Gasteiger partial charge in [-0.15, -0.1) is 0 Å². The molecule has 2 N–H and O–H groups in total. The predicted molar refractivity (Wildman–Crippen MR) is 135 cm³/mol. The van der Waals surface area contributed by atoms with E-state index in [1.165, 1.54) is 27.2 Å². The Morgan fingerprint density at radius 2 is 1.78 bits per heavy atom. The molecule has 8 heteroatoms. The molecular formula is C28H24FN5O2. The number of carbonyl (C=O) groups excluding carboxylic acids is 1. The average molecular weight is 482 g/mol. The maximum Gasteiger partial charge on any atom is 0.267 e. The lowest BCUT2D eigenvalue weighted by molar-refractivity contribution is 0.0937. The lowest BCUT2D eigenvalue weighted by Crippen LogP contribution is -2.36. The van der Waals surface area contributed by atoms with Crippen molar-refractivity contribution >= 4 is 22.6 Å². The molecule has 5 aromatic rings. The number of nitrogens with zero attached hydrogens (tertiary/aromatic N) is 3. The van der Waals surface area contributed by atoms with Gasteiger partial charge in [0.2, 0.25) is 0 Å². The Morgan fingerprint density at radius 3 is 2.50 bits per heavy atom. The number of nitrogens with one attached hydrogen (secondary N) is 2. The number of pyridine rings is 2. The predicted octanol–water partition coefficient (Wildman–Crippen LogP) is 4.12. The highest BCUT2D eigenvalue weighted by Crippen LogP contribution is 2.16. The molecule has 36 heavy (non-hydrogen) atoms. The van der Waals surface area contributed by atoms with Crippen molar-refractivity contribution in [1.82, 2.24) is 19.3 Å². The van der Waals surface area contributed by atoms with Crippen molar-refractivity contribution in [2.75, 3.05) is 0 Å². The van der Waals surface area contributed by atoms with Gasteiger partial charge in [0, 0.05) is 6.20 Å². The maximum atomic E-state index is 13.5. The molecule has 0 saturated heterocycles. The monoisotopic (exact) mass is 481 g/mol. The molecule has 0 aliphatic rings. The third kappa shape index (κ3) is 4.17. The molecule has 0 aliphatic carbocycles. The van der Waals surface area contributed by atoms with Crippen molar-refractivity contribution < 1.29 is 9.18 Å². The number of benzene rings is 2. The summed E-state index contributed by atoms with van der Waals surface area (Å²) in [5.41, 5.74) is 2.81. The largest absolute Gasteiger partial charge is 0.345 e. The van der Waals surface area contributed by atoms with E-state index in [1.807, 2.05) is 50.2 Å². The van der Waals surface area contributed by atoms with Gasteiger partial charge in [0.1, 0.15) is 22.6 Å². The van der Waals surface area contributed by atoms with Gasteiger partial charge in [0.05, 0.1) is 23.5 Å². The van der Waals surface area contributed by atoms with Crippen LogP contribution >= 0.6 is 0 Å². The standard InChI is InChI=1S/C28H24FN5O2/c1-17-7-6-14-33-25(17)32-26-23(28(33)36)15-22(27(35)31-18(2)20-8-4-3-5-9-20)24(30)34(26)16-19-10-12-21(29)13-11-19/h3-15,18,30H,16H2,1-2H3,(H,31,35)/t18-/m0/s1. The van der Waals surface area contributed by atoms with Gasteiger partial charge in [-0.05, 0) is 54.8 Å². The van der Waals surface area contributed by atoms with Gasteiger partial charge < -0.3 is 9.88 Å². The number of hydrogen-bond donors (Lipinski definition) is 2. The lowest BCUT2D eigenvalue weighted by atomic mass is 10.1. The first kappa shape index (κ1) is 23.2. The summed E-state index contributed by atoms with van der Waals surface area (Å²) in [6, 6.07) is 20.1. The Hall–Kier alpha value is -4.59. The van der Waals surface area contributed by atoms with Gasteiger partial charge in [-0.2, -0.15) is 0 Å². The summed E-state index contributed by atoms with van der Waals surface area (Å²) >= 11 is 0. The average Bonchev–Trinajstić information content (AvgIpc) is 2.88. The van der Waals surface area contributed by atoms with Crippen molar-refractivity contribution in [3.63, 3.8) is 0 Å². The van der Waals surface area contributed by atoms with E-state index in [9.17, 15) is 14.0 Å². The van der Waals surface area contributed by atoms with E-state index in [0.29, 0.717) is 11.2 Å². The van der Waals surface area contributed by atoms with Crippen LogP contribution in [0.4, 0.5) is 4.39 Å². The highest BCUT2D eigenvalue weighted by molar-refractivity contribution is 5.97. The maximum absolute atomic E-state index is 13.5. The second-order valence-electron chi connectivity index (χ2n) is 8.76. The molecule has 0 spiro atoms. The Morgan fingerprint density at radius 1 is 1.06 bits per heavy atom. The van der Waals surface area contributed by atoms with Crippen LogP contribution in [0.2, 0.25) is 0 Å². The number of amides is 1. The summed E-state index contributed by atoms with van der Waals surface area (Å²) in [4.78, 5) is 31.6. The number of carbonyl (C=O) groups is 1. The molecule has 3 heterocycles. The molecule has 0 bridgehead atoms. The molecule has 5 rings (SSSR count).